The molecule has 1 aromatic carbocycles. The van der Waals surface area contributed by atoms with Crippen LogP contribution in [0.15, 0.2) is 36.5 Å². The van der Waals surface area contributed by atoms with Gasteiger partial charge in [0.05, 0.1) is 0 Å². The molecule has 0 atom stereocenters. The van der Waals surface area contributed by atoms with Crippen LogP contribution in [0, 0.1) is 0 Å². The van der Waals surface area contributed by atoms with Gasteiger partial charge in [-0.2, -0.15) is 0 Å². The van der Waals surface area contributed by atoms with Crippen molar-refractivity contribution in [3.05, 3.63) is 47.2 Å². The number of aromatic nitrogens is 2. The molecule has 6 heteroatoms. The number of halogens is 1. The largest absolute Gasteiger partial charge is 0.351 e. The number of amides is 1. The van der Waals surface area contributed by atoms with Gasteiger partial charge in [0.25, 0.3) is 5.91 Å². The average Bonchev–Trinajstić information content (AvgIpc) is 2.54. The first-order valence-corrected chi connectivity index (χ1v) is 7.70. The summed E-state index contributed by atoms with van der Waals surface area (Å²) in [5, 5.41) is 6.56. The summed E-state index contributed by atoms with van der Waals surface area (Å²) in [6.45, 7) is 2.79. The van der Waals surface area contributed by atoms with Crippen molar-refractivity contribution >= 4 is 29.1 Å². The molecule has 1 aromatic heterocycles. The first-order chi connectivity index (χ1) is 10.7. The van der Waals surface area contributed by atoms with Crippen LogP contribution < -0.4 is 10.6 Å². The molecule has 0 aliphatic heterocycles. The fourth-order valence-electron chi connectivity index (χ4n) is 1.88. The van der Waals surface area contributed by atoms with Crippen molar-refractivity contribution in [3.63, 3.8) is 0 Å². The van der Waals surface area contributed by atoms with Gasteiger partial charge in [-0.15, -0.1) is 0 Å². The standard InChI is InChI=1S/C16H19ClN4O/c1-2-3-4-10-18-15(22)14-9-11-19-16(21-14)20-13-7-5-12(17)6-8-13/h5-9,11H,2-4,10H2,1H3,(H,18,22)(H,19,20,21). The summed E-state index contributed by atoms with van der Waals surface area (Å²) >= 11 is 5.84. The Morgan fingerprint density at radius 1 is 1.18 bits per heavy atom. The molecule has 0 unspecified atom stereocenters. The summed E-state index contributed by atoms with van der Waals surface area (Å²) in [6.07, 6.45) is 4.77. The smallest absolute Gasteiger partial charge is 0.270 e. The molecule has 22 heavy (non-hydrogen) atoms. The Hall–Kier alpha value is -2.14. The molecule has 2 rings (SSSR count). The minimum atomic E-state index is -0.183. The number of benzene rings is 1. The molecule has 0 saturated heterocycles. The molecule has 116 valence electrons. The lowest BCUT2D eigenvalue weighted by molar-refractivity contribution is 0.0948. The molecule has 1 heterocycles. The first kappa shape index (κ1) is 16.2. The highest BCUT2D eigenvalue weighted by Gasteiger charge is 2.08. The summed E-state index contributed by atoms with van der Waals surface area (Å²) in [5.74, 6) is 0.196. The molecule has 1 amide bonds. The van der Waals surface area contributed by atoms with Crippen LogP contribution in [0.2, 0.25) is 5.02 Å². The van der Waals surface area contributed by atoms with E-state index in [0.717, 1.165) is 24.9 Å². The molecule has 0 spiro atoms. The zero-order valence-electron chi connectivity index (χ0n) is 12.5. The number of nitrogens with zero attached hydrogens (tertiary/aromatic N) is 2. The maximum absolute atomic E-state index is 12.0. The third kappa shape index (κ3) is 5.00. The summed E-state index contributed by atoms with van der Waals surface area (Å²) < 4.78 is 0. The lowest BCUT2D eigenvalue weighted by atomic mass is 10.2. The minimum absolute atomic E-state index is 0.183. The Labute approximate surface area is 135 Å². The van der Waals surface area contributed by atoms with E-state index >= 15 is 0 Å². The van der Waals surface area contributed by atoms with E-state index in [2.05, 4.69) is 27.5 Å². The SMILES string of the molecule is CCCCCNC(=O)c1ccnc(Nc2ccc(Cl)cc2)n1. The van der Waals surface area contributed by atoms with Crippen molar-refractivity contribution in [2.75, 3.05) is 11.9 Å². The number of rotatable bonds is 7. The lowest BCUT2D eigenvalue weighted by Crippen LogP contribution is -2.25. The Kier molecular flexibility index (Phi) is 6.15. The van der Waals surface area contributed by atoms with E-state index < -0.39 is 0 Å². The number of anilines is 2. The zero-order valence-corrected chi connectivity index (χ0v) is 13.2. The molecule has 0 fully saturated rings. The monoisotopic (exact) mass is 318 g/mol. The van der Waals surface area contributed by atoms with Gasteiger partial charge in [0.2, 0.25) is 5.95 Å². The van der Waals surface area contributed by atoms with Gasteiger partial charge in [-0.25, -0.2) is 9.97 Å². The van der Waals surface area contributed by atoms with E-state index in [4.69, 9.17) is 11.6 Å². The fraction of sp³-hybridized carbons (Fsp3) is 0.312. The predicted octanol–water partition coefficient (Wildman–Crippen LogP) is 3.79. The molecule has 2 aromatic rings. The highest BCUT2D eigenvalue weighted by Crippen LogP contribution is 2.16. The van der Waals surface area contributed by atoms with Gasteiger partial charge in [0.15, 0.2) is 0 Å². The van der Waals surface area contributed by atoms with Crippen LogP contribution in [0.25, 0.3) is 0 Å². The maximum atomic E-state index is 12.0. The maximum Gasteiger partial charge on any atom is 0.270 e. The van der Waals surface area contributed by atoms with Crippen LogP contribution in [0.1, 0.15) is 36.7 Å². The highest BCUT2D eigenvalue weighted by molar-refractivity contribution is 6.30. The average molecular weight is 319 g/mol. The number of carbonyl (C=O) groups excluding carboxylic acids is 1. The van der Waals surface area contributed by atoms with Crippen molar-refractivity contribution in [1.29, 1.82) is 0 Å². The van der Waals surface area contributed by atoms with E-state index in [1.165, 1.54) is 0 Å². The molecule has 0 aliphatic rings. The van der Waals surface area contributed by atoms with E-state index in [0.29, 0.717) is 23.2 Å². The number of unbranched alkanes of at least 4 members (excludes halogenated alkanes) is 2. The number of carbonyl (C=O) groups is 1. The quantitative estimate of drug-likeness (QED) is 0.762. The zero-order chi connectivity index (χ0) is 15.8. The molecule has 0 bridgehead atoms. The summed E-state index contributed by atoms with van der Waals surface area (Å²) in [4.78, 5) is 20.3. The second kappa shape index (κ2) is 8.34. The lowest BCUT2D eigenvalue weighted by Gasteiger charge is -2.07. The second-order valence-corrected chi connectivity index (χ2v) is 5.30. The third-order valence-electron chi connectivity index (χ3n) is 3.05. The fourth-order valence-corrected chi connectivity index (χ4v) is 2.00. The van der Waals surface area contributed by atoms with Crippen LogP contribution in [-0.4, -0.2) is 22.4 Å². The number of hydrogen-bond acceptors (Lipinski definition) is 4. The second-order valence-electron chi connectivity index (χ2n) is 4.86. The summed E-state index contributed by atoms with van der Waals surface area (Å²) in [5.41, 5.74) is 1.16. The highest BCUT2D eigenvalue weighted by atomic mass is 35.5. The Morgan fingerprint density at radius 3 is 2.68 bits per heavy atom. The van der Waals surface area contributed by atoms with Crippen molar-refractivity contribution in [2.24, 2.45) is 0 Å². The van der Waals surface area contributed by atoms with Gasteiger partial charge in [-0.05, 0) is 36.8 Å². The Balaban J connectivity index is 1.97. The normalized spacial score (nSPS) is 10.3. The van der Waals surface area contributed by atoms with Crippen LogP contribution in [0.3, 0.4) is 0 Å². The predicted molar refractivity (Wildman–Crippen MR) is 88.6 cm³/mol. The topological polar surface area (TPSA) is 66.9 Å². The Morgan fingerprint density at radius 2 is 1.95 bits per heavy atom. The van der Waals surface area contributed by atoms with Gasteiger partial charge in [-0.1, -0.05) is 31.4 Å². The van der Waals surface area contributed by atoms with Gasteiger partial charge in [0, 0.05) is 23.5 Å². The molecular formula is C16H19ClN4O. The molecule has 0 radical (unpaired) electrons. The summed E-state index contributed by atoms with van der Waals surface area (Å²) in [7, 11) is 0. The Bertz CT molecular complexity index is 616. The van der Waals surface area contributed by atoms with E-state index in [1.807, 2.05) is 12.1 Å². The molecular weight excluding hydrogens is 300 g/mol. The van der Waals surface area contributed by atoms with Crippen molar-refractivity contribution in [1.82, 2.24) is 15.3 Å². The van der Waals surface area contributed by atoms with Crippen molar-refractivity contribution < 1.29 is 4.79 Å². The summed E-state index contributed by atoms with van der Waals surface area (Å²) in [6, 6.07) is 8.79. The molecule has 0 saturated carbocycles. The van der Waals surface area contributed by atoms with E-state index in [-0.39, 0.29) is 5.91 Å². The van der Waals surface area contributed by atoms with E-state index in [9.17, 15) is 4.79 Å². The van der Waals surface area contributed by atoms with Crippen LogP contribution in [0.4, 0.5) is 11.6 Å². The number of nitrogens with one attached hydrogen (secondary N) is 2. The van der Waals surface area contributed by atoms with Gasteiger partial charge in [-0.3, -0.25) is 4.79 Å². The van der Waals surface area contributed by atoms with Crippen molar-refractivity contribution in [3.8, 4) is 0 Å². The van der Waals surface area contributed by atoms with Crippen LogP contribution in [-0.2, 0) is 0 Å². The first-order valence-electron chi connectivity index (χ1n) is 7.33. The van der Waals surface area contributed by atoms with Gasteiger partial charge in [0.1, 0.15) is 5.69 Å². The van der Waals surface area contributed by atoms with Gasteiger partial charge < -0.3 is 10.6 Å². The molecule has 5 nitrogen and oxygen atoms in total. The number of hydrogen-bond donors (Lipinski definition) is 2. The minimum Gasteiger partial charge on any atom is -0.351 e. The van der Waals surface area contributed by atoms with Crippen LogP contribution in [0.5, 0.6) is 0 Å². The van der Waals surface area contributed by atoms with Gasteiger partial charge >= 0.3 is 0 Å². The van der Waals surface area contributed by atoms with E-state index in [1.54, 1.807) is 24.4 Å². The molecule has 0 aliphatic carbocycles. The van der Waals surface area contributed by atoms with Crippen LogP contribution >= 0.6 is 11.6 Å². The molecule has 2 N–H and O–H groups in total. The van der Waals surface area contributed by atoms with Crippen molar-refractivity contribution in [2.45, 2.75) is 26.2 Å². The third-order valence-corrected chi connectivity index (χ3v) is 3.31.